The highest BCUT2D eigenvalue weighted by atomic mass is 35.5. The van der Waals surface area contributed by atoms with Crippen molar-refractivity contribution in [3.63, 3.8) is 0 Å². The second-order valence-electron chi connectivity index (χ2n) is 15.7. The van der Waals surface area contributed by atoms with Gasteiger partial charge in [0.05, 0.1) is 23.2 Å². The van der Waals surface area contributed by atoms with Crippen molar-refractivity contribution < 1.29 is 36.9 Å². The van der Waals surface area contributed by atoms with E-state index >= 15 is 8.78 Å². The summed E-state index contributed by atoms with van der Waals surface area (Å²) < 4.78 is 71.3. The minimum atomic E-state index is -0.961. The van der Waals surface area contributed by atoms with Crippen molar-refractivity contribution in [2.75, 3.05) is 51.6 Å². The second-order valence-corrected chi connectivity index (χ2v) is 16.1. The molecule has 4 saturated heterocycles. The van der Waals surface area contributed by atoms with Gasteiger partial charge >= 0.3 is 12.1 Å². The number of aromatic nitrogens is 2. The maximum Gasteiger partial charge on any atom is 0.410 e. The van der Waals surface area contributed by atoms with Crippen LogP contribution in [0.25, 0.3) is 32.8 Å². The number of fused-ring (bicyclic) bond motifs is 5. The molecule has 53 heavy (non-hydrogen) atoms. The van der Waals surface area contributed by atoms with Crippen LogP contribution < -0.4 is 14.4 Å². The molecule has 14 heteroatoms. The SMILES string of the molecule is COCOc1cc(-c2c(F)cc3c(N4C[C@H]5CC[C@@H](C4)N5C(=O)OC(C)(C)C)nc(OC[C@@]45CCCN4C[C@H](F)C5)nc3c2F)c2c(Cl)cccc2c1. The summed E-state index contributed by atoms with van der Waals surface area (Å²) in [6.07, 6.45) is 2.18. The van der Waals surface area contributed by atoms with Crippen LogP contribution in [0.1, 0.15) is 52.9 Å². The molecule has 1 aromatic heterocycles. The summed E-state index contributed by atoms with van der Waals surface area (Å²) in [5.41, 5.74) is -1.44. The Labute approximate surface area is 311 Å². The lowest BCUT2D eigenvalue weighted by Gasteiger charge is -2.42. The smallest absolute Gasteiger partial charge is 0.410 e. The Bertz CT molecular complexity index is 2070. The first-order chi connectivity index (χ1) is 25.3. The molecular weight excluding hydrogens is 711 g/mol. The second kappa shape index (κ2) is 13.7. The Hall–Kier alpha value is -4.07. The molecule has 0 unspecified atom stereocenters. The highest BCUT2D eigenvalue weighted by Gasteiger charge is 2.50. The van der Waals surface area contributed by atoms with Crippen molar-refractivity contribution in [3.05, 3.63) is 53.1 Å². The van der Waals surface area contributed by atoms with Crippen molar-refractivity contribution in [2.24, 2.45) is 0 Å². The monoisotopic (exact) mass is 753 g/mol. The molecule has 1 amide bonds. The maximum absolute atomic E-state index is 17.2. The maximum atomic E-state index is 17.2. The van der Waals surface area contributed by atoms with E-state index in [-0.39, 0.29) is 59.6 Å². The first-order valence-electron chi connectivity index (χ1n) is 18.2. The average Bonchev–Trinajstić information content (AvgIpc) is 3.72. The molecule has 0 saturated carbocycles. The normalized spacial score (nSPS) is 24.3. The lowest BCUT2D eigenvalue weighted by Crippen LogP contribution is -2.57. The fourth-order valence-electron chi connectivity index (χ4n) is 8.81. The predicted molar refractivity (Wildman–Crippen MR) is 196 cm³/mol. The number of rotatable bonds is 8. The van der Waals surface area contributed by atoms with E-state index in [0.29, 0.717) is 53.4 Å². The van der Waals surface area contributed by atoms with Gasteiger partial charge in [0, 0.05) is 54.5 Å². The number of nitrogens with zero attached hydrogens (tertiary/aromatic N) is 5. The Morgan fingerprint density at radius 3 is 2.57 bits per heavy atom. The van der Waals surface area contributed by atoms with Crippen LogP contribution in [0.4, 0.5) is 23.8 Å². The number of hydrogen-bond acceptors (Lipinski definition) is 9. The topological polar surface area (TPSA) is 89.5 Å². The van der Waals surface area contributed by atoms with E-state index in [0.717, 1.165) is 32.2 Å². The molecule has 0 radical (unpaired) electrons. The quantitative estimate of drug-likeness (QED) is 0.167. The van der Waals surface area contributed by atoms with Crippen LogP contribution in [0.5, 0.6) is 11.8 Å². The number of methoxy groups -OCH3 is 1. The molecule has 8 rings (SSSR count). The summed E-state index contributed by atoms with van der Waals surface area (Å²) in [5, 5.41) is 1.53. The summed E-state index contributed by atoms with van der Waals surface area (Å²) in [6.45, 7) is 7.41. The van der Waals surface area contributed by atoms with Gasteiger partial charge in [0.2, 0.25) is 0 Å². The molecule has 4 atom stereocenters. The number of piperazine rings is 1. The van der Waals surface area contributed by atoms with Gasteiger partial charge in [-0.1, -0.05) is 23.7 Å². The summed E-state index contributed by atoms with van der Waals surface area (Å²) >= 11 is 6.67. The number of benzene rings is 3. The summed E-state index contributed by atoms with van der Waals surface area (Å²) in [4.78, 5) is 28.5. The van der Waals surface area contributed by atoms with Crippen LogP contribution in [0.3, 0.4) is 0 Å². The Morgan fingerprint density at radius 1 is 1.06 bits per heavy atom. The molecule has 4 aliphatic heterocycles. The van der Waals surface area contributed by atoms with Crippen molar-refractivity contribution in [2.45, 2.75) is 82.3 Å². The van der Waals surface area contributed by atoms with Crippen LogP contribution in [0, 0.1) is 11.6 Å². The zero-order valence-corrected chi connectivity index (χ0v) is 31.0. The Morgan fingerprint density at radius 2 is 1.83 bits per heavy atom. The molecule has 2 bridgehead atoms. The van der Waals surface area contributed by atoms with Crippen molar-refractivity contribution >= 4 is 45.2 Å². The van der Waals surface area contributed by atoms with E-state index in [4.69, 9.17) is 35.5 Å². The van der Waals surface area contributed by atoms with Gasteiger partial charge in [-0.3, -0.25) is 9.80 Å². The fourth-order valence-corrected chi connectivity index (χ4v) is 9.09. The van der Waals surface area contributed by atoms with Crippen molar-refractivity contribution in [3.8, 4) is 22.9 Å². The third-order valence-corrected chi connectivity index (χ3v) is 11.3. The standard InChI is InChI=1S/C39H43ClF3N5O5/c1-38(2,3)53-37(49)48-24-9-10-25(48)19-46(18-24)35-28-15-30(42)32(27-14-26(52-21-50-4)13-22-7-5-8-29(40)31(22)27)33(43)34(28)44-36(45-35)51-20-39-11-6-12-47(39)17-23(41)16-39/h5,7-8,13-15,23-25H,6,9-12,16-21H2,1-4H3/t23-,24-,25+,39+/m1/s1. The van der Waals surface area contributed by atoms with Crippen LogP contribution >= 0.6 is 11.6 Å². The number of hydrogen-bond donors (Lipinski definition) is 0. The van der Waals surface area contributed by atoms with E-state index in [1.807, 2.05) is 25.7 Å². The van der Waals surface area contributed by atoms with E-state index in [1.54, 1.807) is 29.2 Å². The molecule has 0 N–H and O–H groups in total. The molecule has 4 aromatic rings. The van der Waals surface area contributed by atoms with E-state index in [1.165, 1.54) is 19.2 Å². The van der Waals surface area contributed by atoms with E-state index < -0.39 is 28.9 Å². The molecule has 10 nitrogen and oxygen atoms in total. The molecule has 5 heterocycles. The van der Waals surface area contributed by atoms with Gasteiger partial charge in [-0.25, -0.2) is 18.0 Å². The van der Waals surface area contributed by atoms with Gasteiger partial charge in [0.1, 0.15) is 41.3 Å². The number of halogens is 4. The largest absolute Gasteiger partial charge is 0.468 e. The van der Waals surface area contributed by atoms with Crippen LogP contribution in [-0.4, -0.2) is 102 Å². The van der Waals surface area contributed by atoms with Gasteiger partial charge < -0.3 is 23.8 Å². The number of ether oxygens (including phenoxy) is 4. The summed E-state index contributed by atoms with van der Waals surface area (Å²) in [5.74, 6) is -1.12. The van der Waals surface area contributed by atoms with Gasteiger partial charge in [0.25, 0.3) is 0 Å². The molecule has 3 aromatic carbocycles. The van der Waals surface area contributed by atoms with Gasteiger partial charge in [-0.05, 0) is 82.7 Å². The predicted octanol–water partition coefficient (Wildman–Crippen LogP) is 7.91. The zero-order valence-electron chi connectivity index (χ0n) is 30.3. The minimum Gasteiger partial charge on any atom is -0.468 e. The molecule has 4 fully saturated rings. The van der Waals surface area contributed by atoms with Crippen molar-refractivity contribution in [1.29, 1.82) is 0 Å². The van der Waals surface area contributed by atoms with Crippen LogP contribution in [0.15, 0.2) is 36.4 Å². The summed E-state index contributed by atoms with van der Waals surface area (Å²) in [7, 11) is 1.48. The average molecular weight is 754 g/mol. The first-order valence-corrected chi connectivity index (χ1v) is 18.5. The van der Waals surface area contributed by atoms with Crippen molar-refractivity contribution in [1.82, 2.24) is 19.8 Å². The molecule has 0 spiro atoms. The van der Waals surface area contributed by atoms with E-state index in [2.05, 4.69) is 9.88 Å². The molecule has 0 aliphatic carbocycles. The lowest BCUT2D eigenvalue weighted by atomic mass is 9.95. The fraction of sp³-hybridized carbons (Fsp3) is 0.513. The number of amides is 1. The summed E-state index contributed by atoms with van der Waals surface area (Å²) in [6, 6.07) is 9.24. The van der Waals surface area contributed by atoms with Crippen LogP contribution in [-0.2, 0) is 9.47 Å². The Balaban J connectivity index is 1.24. The number of anilines is 1. The number of carbonyl (C=O) groups is 1. The van der Waals surface area contributed by atoms with Gasteiger partial charge in [0.15, 0.2) is 12.6 Å². The number of carbonyl (C=O) groups excluding carboxylic acids is 1. The van der Waals surface area contributed by atoms with Crippen LogP contribution in [0.2, 0.25) is 5.02 Å². The molecular formula is C39H43ClF3N5O5. The third-order valence-electron chi connectivity index (χ3n) is 11.0. The zero-order chi connectivity index (χ0) is 37.2. The van der Waals surface area contributed by atoms with Gasteiger partial charge in [-0.15, -0.1) is 0 Å². The molecule has 4 aliphatic rings. The minimum absolute atomic E-state index is 0.0727. The lowest BCUT2D eigenvalue weighted by molar-refractivity contribution is 0.0122. The third kappa shape index (κ3) is 6.58. The Kier molecular flexibility index (Phi) is 9.26. The number of alkyl halides is 1. The highest BCUT2D eigenvalue weighted by molar-refractivity contribution is 6.36. The molecule has 282 valence electrons. The highest BCUT2D eigenvalue weighted by Crippen LogP contribution is 2.44. The van der Waals surface area contributed by atoms with Gasteiger partial charge in [-0.2, -0.15) is 9.97 Å². The van der Waals surface area contributed by atoms with E-state index in [9.17, 15) is 9.18 Å². The first kappa shape index (κ1) is 35.9.